The van der Waals surface area contributed by atoms with Gasteiger partial charge in [0.15, 0.2) is 0 Å². The lowest BCUT2D eigenvalue weighted by Gasteiger charge is -2.25. The van der Waals surface area contributed by atoms with Gasteiger partial charge in [-0.1, -0.05) is 32.0 Å². The summed E-state index contributed by atoms with van der Waals surface area (Å²) in [7, 11) is -3.68. The van der Waals surface area contributed by atoms with Gasteiger partial charge in [0.05, 0.1) is 10.6 Å². The molecule has 29 heavy (non-hydrogen) atoms. The van der Waals surface area contributed by atoms with Gasteiger partial charge < -0.3 is 4.90 Å². The van der Waals surface area contributed by atoms with E-state index in [2.05, 4.69) is 13.8 Å². The van der Waals surface area contributed by atoms with Crippen LogP contribution in [0.25, 0.3) is 0 Å². The summed E-state index contributed by atoms with van der Waals surface area (Å²) in [6.07, 6.45) is 2.64. The van der Waals surface area contributed by atoms with Crippen molar-refractivity contribution in [1.29, 1.82) is 0 Å². The zero-order valence-electron chi connectivity index (χ0n) is 17.1. The Morgan fingerprint density at radius 3 is 2.52 bits per heavy atom. The highest BCUT2D eigenvalue weighted by Gasteiger charge is 2.44. The van der Waals surface area contributed by atoms with Crippen molar-refractivity contribution < 1.29 is 13.2 Å². The Labute approximate surface area is 172 Å². The van der Waals surface area contributed by atoms with Crippen LogP contribution in [0.15, 0.2) is 47.4 Å². The monoisotopic (exact) mass is 410 g/mol. The minimum Gasteiger partial charge on any atom is -0.311 e. The van der Waals surface area contributed by atoms with E-state index in [0.29, 0.717) is 11.4 Å². The summed E-state index contributed by atoms with van der Waals surface area (Å²) < 4.78 is 28.7. The summed E-state index contributed by atoms with van der Waals surface area (Å²) >= 11 is 0. The number of fused-ring (bicyclic) bond motifs is 2. The molecule has 1 aliphatic carbocycles. The number of sulfonamides is 1. The number of rotatable bonds is 3. The smallest absolute Gasteiger partial charge is 0.264 e. The topological polar surface area (TPSA) is 57.7 Å². The Bertz CT molecular complexity index is 1120. The fourth-order valence-electron chi connectivity index (χ4n) is 4.78. The Kier molecular flexibility index (Phi) is 3.92. The molecular weight excluding hydrogens is 384 g/mol. The predicted octanol–water partition coefficient (Wildman–Crippen LogP) is 3.86. The molecule has 0 unspecified atom stereocenters. The van der Waals surface area contributed by atoms with Crippen molar-refractivity contribution in [2.75, 3.05) is 15.7 Å². The van der Waals surface area contributed by atoms with Crippen LogP contribution in [0.5, 0.6) is 0 Å². The Balaban J connectivity index is 1.57. The molecule has 0 aromatic heterocycles. The Morgan fingerprint density at radius 1 is 1.07 bits per heavy atom. The van der Waals surface area contributed by atoms with E-state index in [-0.39, 0.29) is 23.3 Å². The number of nitrogens with zero attached hydrogens (tertiary/aromatic N) is 2. The van der Waals surface area contributed by atoms with E-state index < -0.39 is 10.0 Å². The fraction of sp³-hybridized carbons (Fsp3) is 0.435. The lowest BCUT2D eigenvalue weighted by molar-refractivity contribution is -0.119. The number of hydrogen-bond donors (Lipinski definition) is 0. The molecule has 2 aromatic rings. The van der Waals surface area contributed by atoms with Crippen molar-refractivity contribution in [3.63, 3.8) is 0 Å². The molecule has 2 aromatic carbocycles. The van der Waals surface area contributed by atoms with Crippen LogP contribution in [0.2, 0.25) is 0 Å². The van der Waals surface area contributed by atoms with Crippen LogP contribution < -0.4 is 9.21 Å². The van der Waals surface area contributed by atoms with Crippen molar-refractivity contribution in [1.82, 2.24) is 0 Å². The molecule has 2 aliphatic heterocycles. The quantitative estimate of drug-likeness (QED) is 0.772. The van der Waals surface area contributed by atoms with Gasteiger partial charge in [-0.3, -0.25) is 9.10 Å². The molecule has 5 rings (SSSR count). The second-order valence-corrected chi connectivity index (χ2v) is 11.1. The van der Waals surface area contributed by atoms with Crippen molar-refractivity contribution in [2.45, 2.75) is 56.4 Å². The van der Waals surface area contributed by atoms with Crippen LogP contribution in [0.3, 0.4) is 0 Å². The number of anilines is 2. The molecule has 6 heteroatoms. The molecule has 1 amide bonds. The first-order valence-corrected chi connectivity index (χ1v) is 11.7. The van der Waals surface area contributed by atoms with Crippen molar-refractivity contribution in [2.24, 2.45) is 5.92 Å². The maximum absolute atomic E-state index is 13.6. The molecule has 1 saturated carbocycles. The molecule has 1 fully saturated rings. The van der Waals surface area contributed by atoms with Gasteiger partial charge in [-0.15, -0.1) is 0 Å². The van der Waals surface area contributed by atoms with Gasteiger partial charge in [0.1, 0.15) is 0 Å². The second kappa shape index (κ2) is 6.08. The number of hydrogen-bond acceptors (Lipinski definition) is 3. The molecule has 1 atom stereocenters. The van der Waals surface area contributed by atoms with Gasteiger partial charge in [0.25, 0.3) is 10.0 Å². The van der Waals surface area contributed by atoms with Gasteiger partial charge >= 0.3 is 0 Å². The van der Waals surface area contributed by atoms with E-state index in [0.717, 1.165) is 41.8 Å². The zero-order chi connectivity index (χ0) is 20.6. The van der Waals surface area contributed by atoms with Gasteiger partial charge in [-0.05, 0) is 61.6 Å². The highest BCUT2D eigenvalue weighted by molar-refractivity contribution is 7.92. The van der Waals surface area contributed by atoms with Gasteiger partial charge in [0.2, 0.25) is 5.91 Å². The zero-order valence-corrected chi connectivity index (χ0v) is 17.9. The normalized spacial score (nSPS) is 22.5. The van der Waals surface area contributed by atoms with E-state index in [9.17, 15) is 13.2 Å². The maximum atomic E-state index is 13.6. The summed E-state index contributed by atoms with van der Waals surface area (Å²) in [6, 6.07) is 12.9. The third kappa shape index (κ3) is 2.80. The van der Waals surface area contributed by atoms with E-state index >= 15 is 0 Å². The standard InChI is InChI=1S/C23H26N2O3S/c1-15-12-17-6-4-5-7-20(17)25(15)29(27,28)18-10-11-21-19(13-18)23(2,3)14-24(21)22(26)16-8-9-16/h4-7,10-11,13,15-16H,8-9,12,14H2,1-3H3/t15-/m0/s1. The van der Waals surface area contributed by atoms with E-state index in [1.807, 2.05) is 42.2 Å². The SMILES string of the molecule is C[C@H]1Cc2ccccc2N1S(=O)(=O)c1ccc2c(c1)C(C)(C)CN2C(=O)C1CC1. The number of carbonyl (C=O) groups is 1. The molecule has 0 saturated heterocycles. The molecule has 152 valence electrons. The molecule has 0 N–H and O–H groups in total. The van der Waals surface area contributed by atoms with Crippen molar-refractivity contribution in [3.05, 3.63) is 53.6 Å². The lowest BCUT2D eigenvalue weighted by atomic mass is 9.87. The summed E-state index contributed by atoms with van der Waals surface area (Å²) in [5.41, 5.74) is 3.35. The molecule has 5 nitrogen and oxygen atoms in total. The average molecular weight is 411 g/mol. The van der Waals surface area contributed by atoms with Crippen LogP contribution in [0.1, 0.15) is 44.7 Å². The van der Waals surface area contributed by atoms with Crippen LogP contribution in [-0.2, 0) is 26.7 Å². The summed E-state index contributed by atoms with van der Waals surface area (Å²) in [4.78, 5) is 14.9. The molecule has 0 radical (unpaired) electrons. The maximum Gasteiger partial charge on any atom is 0.264 e. The first-order chi connectivity index (χ1) is 13.7. The van der Waals surface area contributed by atoms with Crippen molar-refractivity contribution >= 4 is 27.3 Å². The number of benzene rings is 2. The number of carbonyl (C=O) groups excluding carboxylic acids is 1. The van der Waals surface area contributed by atoms with Gasteiger partial charge in [0, 0.05) is 29.6 Å². The van der Waals surface area contributed by atoms with Crippen LogP contribution in [0, 0.1) is 5.92 Å². The molecular formula is C23H26N2O3S. The van der Waals surface area contributed by atoms with Crippen molar-refractivity contribution in [3.8, 4) is 0 Å². The first-order valence-electron chi connectivity index (χ1n) is 10.3. The number of amides is 1. The fourth-order valence-corrected chi connectivity index (χ4v) is 6.50. The highest BCUT2D eigenvalue weighted by Crippen LogP contribution is 2.45. The molecule has 3 aliphatic rings. The van der Waals surface area contributed by atoms with Crippen LogP contribution >= 0.6 is 0 Å². The lowest BCUT2D eigenvalue weighted by Crippen LogP contribution is -2.35. The third-order valence-electron chi connectivity index (χ3n) is 6.44. The Hall–Kier alpha value is -2.34. The molecule has 0 bridgehead atoms. The Morgan fingerprint density at radius 2 is 1.79 bits per heavy atom. The van der Waals surface area contributed by atoms with Crippen LogP contribution in [0.4, 0.5) is 11.4 Å². The molecule has 0 spiro atoms. The molecule has 2 heterocycles. The summed E-state index contributed by atoms with van der Waals surface area (Å²) in [6.45, 7) is 6.71. The predicted molar refractivity (Wildman–Crippen MR) is 114 cm³/mol. The van der Waals surface area contributed by atoms with Gasteiger partial charge in [-0.2, -0.15) is 0 Å². The average Bonchev–Trinajstić information content (AvgIpc) is 3.41. The minimum absolute atomic E-state index is 0.119. The highest BCUT2D eigenvalue weighted by atomic mass is 32.2. The van der Waals surface area contributed by atoms with Crippen LogP contribution in [-0.4, -0.2) is 26.9 Å². The summed E-state index contributed by atoms with van der Waals surface area (Å²) in [5.74, 6) is 0.316. The third-order valence-corrected chi connectivity index (χ3v) is 8.36. The number of para-hydroxylation sites is 1. The minimum atomic E-state index is -3.68. The van der Waals surface area contributed by atoms with E-state index in [1.54, 1.807) is 16.4 Å². The first kappa shape index (κ1) is 18.7. The largest absolute Gasteiger partial charge is 0.311 e. The van der Waals surface area contributed by atoms with E-state index in [1.165, 1.54) is 0 Å². The van der Waals surface area contributed by atoms with E-state index in [4.69, 9.17) is 0 Å². The van der Waals surface area contributed by atoms with Gasteiger partial charge in [-0.25, -0.2) is 8.42 Å². The summed E-state index contributed by atoms with van der Waals surface area (Å²) in [5, 5.41) is 0. The second-order valence-electron chi connectivity index (χ2n) is 9.24.